The van der Waals surface area contributed by atoms with Crippen LogP contribution in [0.3, 0.4) is 0 Å². The van der Waals surface area contributed by atoms with Gasteiger partial charge in [-0.15, -0.1) is 10.2 Å². The van der Waals surface area contributed by atoms with Crippen LogP contribution in [0.15, 0.2) is 12.4 Å². The SMILES string of the molecule is CCc1cnn(-c2nc(Cl)nnc2Cl)c1. The highest BCUT2D eigenvalue weighted by Crippen LogP contribution is 2.15. The molecule has 0 aromatic carbocycles. The van der Waals surface area contributed by atoms with Crippen molar-refractivity contribution in [2.24, 2.45) is 0 Å². The van der Waals surface area contributed by atoms with Crippen LogP contribution in [-0.4, -0.2) is 25.0 Å². The van der Waals surface area contributed by atoms with Gasteiger partial charge >= 0.3 is 0 Å². The summed E-state index contributed by atoms with van der Waals surface area (Å²) >= 11 is 11.5. The minimum absolute atomic E-state index is 0.0444. The van der Waals surface area contributed by atoms with Crippen molar-refractivity contribution in [2.75, 3.05) is 0 Å². The lowest BCUT2D eigenvalue weighted by molar-refractivity contribution is 0.813. The molecule has 2 rings (SSSR count). The lowest BCUT2D eigenvalue weighted by atomic mass is 10.3. The van der Waals surface area contributed by atoms with Gasteiger partial charge in [0.15, 0.2) is 11.0 Å². The third kappa shape index (κ3) is 2.08. The maximum atomic E-state index is 5.83. The number of halogens is 2. The summed E-state index contributed by atoms with van der Waals surface area (Å²) in [6.45, 7) is 2.04. The van der Waals surface area contributed by atoms with E-state index in [1.54, 1.807) is 6.20 Å². The Morgan fingerprint density at radius 2 is 2.13 bits per heavy atom. The molecule has 0 radical (unpaired) electrons. The molecule has 0 fully saturated rings. The number of aromatic nitrogens is 5. The van der Waals surface area contributed by atoms with Gasteiger partial charge in [0.25, 0.3) is 0 Å². The van der Waals surface area contributed by atoms with Crippen LogP contribution in [0.5, 0.6) is 0 Å². The Bertz CT molecular complexity index is 482. The second-order valence-corrected chi connectivity index (χ2v) is 3.54. The van der Waals surface area contributed by atoms with Gasteiger partial charge in [0, 0.05) is 6.20 Å². The van der Waals surface area contributed by atoms with E-state index >= 15 is 0 Å². The molecule has 0 amide bonds. The molecule has 2 aromatic heterocycles. The zero-order valence-electron chi connectivity index (χ0n) is 7.85. The third-order valence-electron chi connectivity index (χ3n) is 1.86. The molecule has 78 valence electrons. The van der Waals surface area contributed by atoms with Gasteiger partial charge in [-0.2, -0.15) is 10.1 Å². The normalized spacial score (nSPS) is 10.6. The average Bonchev–Trinajstić information content (AvgIpc) is 2.70. The van der Waals surface area contributed by atoms with E-state index in [4.69, 9.17) is 23.2 Å². The number of hydrogen-bond acceptors (Lipinski definition) is 4. The molecule has 0 unspecified atom stereocenters. The largest absolute Gasteiger partial charge is 0.245 e. The van der Waals surface area contributed by atoms with E-state index in [1.165, 1.54) is 4.68 Å². The van der Waals surface area contributed by atoms with Gasteiger partial charge in [-0.05, 0) is 23.6 Å². The highest BCUT2D eigenvalue weighted by atomic mass is 35.5. The fourth-order valence-corrected chi connectivity index (χ4v) is 1.37. The Kier molecular flexibility index (Phi) is 2.83. The summed E-state index contributed by atoms with van der Waals surface area (Å²) in [4.78, 5) is 3.95. The standard InChI is InChI=1S/C8H7Cl2N5/c1-2-5-3-11-15(4-5)7-6(9)13-14-8(10)12-7/h3-4H,2H2,1H3. The Balaban J connectivity index is 2.48. The van der Waals surface area contributed by atoms with Crippen molar-refractivity contribution in [1.29, 1.82) is 0 Å². The lowest BCUT2D eigenvalue weighted by Gasteiger charge is -2.00. The molecule has 0 atom stereocenters. The summed E-state index contributed by atoms with van der Waals surface area (Å²) in [6.07, 6.45) is 4.46. The maximum absolute atomic E-state index is 5.83. The fourth-order valence-electron chi connectivity index (χ4n) is 1.09. The molecule has 0 spiro atoms. The smallest absolute Gasteiger partial charge is 0.219 e. The van der Waals surface area contributed by atoms with E-state index < -0.39 is 0 Å². The highest BCUT2D eigenvalue weighted by molar-refractivity contribution is 6.31. The van der Waals surface area contributed by atoms with Crippen LogP contribution >= 0.6 is 23.2 Å². The Morgan fingerprint density at radius 1 is 1.33 bits per heavy atom. The van der Waals surface area contributed by atoms with Crippen molar-refractivity contribution >= 4 is 23.2 Å². The van der Waals surface area contributed by atoms with Gasteiger partial charge in [0.2, 0.25) is 5.28 Å². The van der Waals surface area contributed by atoms with Crippen LogP contribution in [0.25, 0.3) is 5.82 Å². The highest BCUT2D eigenvalue weighted by Gasteiger charge is 2.09. The molecule has 0 saturated carbocycles. The molecule has 0 saturated heterocycles. The maximum Gasteiger partial charge on any atom is 0.245 e. The van der Waals surface area contributed by atoms with Crippen LogP contribution in [0.2, 0.25) is 10.4 Å². The van der Waals surface area contributed by atoms with E-state index in [1.807, 2.05) is 13.1 Å². The molecule has 5 nitrogen and oxygen atoms in total. The molecule has 0 aliphatic rings. The van der Waals surface area contributed by atoms with Gasteiger partial charge in [-0.25, -0.2) is 4.68 Å². The topological polar surface area (TPSA) is 56.5 Å². The fraction of sp³-hybridized carbons (Fsp3) is 0.250. The number of aryl methyl sites for hydroxylation is 1. The first-order valence-corrected chi connectivity index (χ1v) is 5.06. The van der Waals surface area contributed by atoms with Gasteiger partial charge < -0.3 is 0 Å². The minimum Gasteiger partial charge on any atom is -0.219 e. The van der Waals surface area contributed by atoms with Crippen molar-refractivity contribution in [3.8, 4) is 5.82 Å². The molecule has 15 heavy (non-hydrogen) atoms. The number of rotatable bonds is 2. The monoisotopic (exact) mass is 243 g/mol. The van der Waals surface area contributed by atoms with E-state index in [9.17, 15) is 0 Å². The molecule has 2 heterocycles. The van der Waals surface area contributed by atoms with Crippen molar-refractivity contribution < 1.29 is 0 Å². The van der Waals surface area contributed by atoms with Gasteiger partial charge in [0.05, 0.1) is 6.20 Å². The second-order valence-electron chi connectivity index (χ2n) is 2.84. The first-order chi connectivity index (χ1) is 7.20. The first kappa shape index (κ1) is 10.3. The van der Waals surface area contributed by atoms with E-state index in [0.29, 0.717) is 5.82 Å². The van der Waals surface area contributed by atoms with Crippen molar-refractivity contribution in [3.05, 3.63) is 28.4 Å². The summed E-state index contributed by atoms with van der Waals surface area (Å²) in [6, 6.07) is 0. The lowest BCUT2D eigenvalue weighted by Crippen LogP contribution is -2.02. The molecule has 2 aromatic rings. The Labute approximate surface area is 96.1 Å². The number of nitrogens with zero attached hydrogens (tertiary/aromatic N) is 5. The summed E-state index contributed by atoms with van der Waals surface area (Å²) in [5.41, 5.74) is 1.08. The predicted octanol–water partition coefficient (Wildman–Crippen LogP) is 1.93. The van der Waals surface area contributed by atoms with Gasteiger partial charge in [0.1, 0.15) is 0 Å². The van der Waals surface area contributed by atoms with Crippen molar-refractivity contribution in [3.63, 3.8) is 0 Å². The summed E-state index contributed by atoms with van der Waals surface area (Å²) in [7, 11) is 0. The van der Waals surface area contributed by atoms with Crippen molar-refractivity contribution in [1.82, 2.24) is 25.0 Å². The van der Waals surface area contributed by atoms with Crippen molar-refractivity contribution in [2.45, 2.75) is 13.3 Å². The predicted molar refractivity (Wildman–Crippen MR) is 56.3 cm³/mol. The zero-order valence-corrected chi connectivity index (χ0v) is 9.37. The molecule has 0 aliphatic heterocycles. The molecule has 7 heteroatoms. The molecule has 0 N–H and O–H groups in total. The summed E-state index contributed by atoms with van der Waals surface area (Å²) in [5, 5.41) is 11.5. The second kappa shape index (κ2) is 4.12. The van der Waals surface area contributed by atoms with Crippen LogP contribution in [0.4, 0.5) is 0 Å². The van der Waals surface area contributed by atoms with Gasteiger partial charge in [-0.3, -0.25) is 0 Å². The first-order valence-electron chi connectivity index (χ1n) is 4.30. The Morgan fingerprint density at radius 3 is 2.80 bits per heavy atom. The van der Waals surface area contributed by atoms with Crippen LogP contribution in [0.1, 0.15) is 12.5 Å². The van der Waals surface area contributed by atoms with E-state index in [2.05, 4.69) is 20.3 Å². The summed E-state index contributed by atoms with van der Waals surface area (Å²) < 4.78 is 1.53. The average molecular weight is 244 g/mol. The van der Waals surface area contributed by atoms with Crippen LogP contribution in [-0.2, 0) is 6.42 Å². The molecular weight excluding hydrogens is 237 g/mol. The van der Waals surface area contributed by atoms with E-state index in [-0.39, 0.29) is 10.4 Å². The van der Waals surface area contributed by atoms with Gasteiger partial charge in [-0.1, -0.05) is 18.5 Å². The third-order valence-corrected chi connectivity index (χ3v) is 2.27. The summed E-state index contributed by atoms with van der Waals surface area (Å²) in [5.74, 6) is 0.386. The molecular formula is C8H7Cl2N5. The minimum atomic E-state index is 0.0444. The molecule has 0 aliphatic carbocycles. The van der Waals surface area contributed by atoms with Crippen LogP contribution < -0.4 is 0 Å². The van der Waals surface area contributed by atoms with Crippen LogP contribution in [0, 0.1) is 0 Å². The molecule has 0 bridgehead atoms. The number of hydrogen-bond donors (Lipinski definition) is 0. The van der Waals surface area contributed by atoms with E-state index in [0.717, 1.165) is 12.0 Å². The zero-order chi connectivity index (χ0) is 10.8. The Hall–Kier alpha value is -1.20. The quantitative estimate of drug-likeness (QED) is 0.809.